The number of aryl methyl sites for hydroxylation is 1. The normalized spacial score (nSPS) is 13.5. The van der Waals surface area contributed by atoms with Crippen LogP contribution in [0.1, 0.15) is 34.8 Å². The predicted octanol–water partition coefficient (Wildman–Crippen LogP) is 1.67. The number of hydrogen-bond acceptors (Lipinski definition) is 3. The Kier molecular flexibility index (Phi) is 3.98. The molecule has 0 aliphatic carbocycles. The number of fused-ring (bicyclic) bond motifs is 1. The first kappa shape index (κ1) is 14.0. The maximum Gasteiger partial charge on any atom is 0.296 e. The quantitative estimate of drug-likeness (QED) is 0.646. The SMILES string of the molecule is CC(=O)NCCC=Cc1c(C)ccc2c1C(=O)C(=O)N2. The summed E-state index contributed by atoms with van der Waals surface area (Å²) in [5, 5.41) is 5.24. The van der Waals surface area contributed by atoms with Crippen LogP contribution in [0.4, 0.5) is 5.69 Å². The van der Waals surface area contributed by atoms with Gasteiger partial charge in [-0.05, 0) is 30.5 Å². The first-order chi connectivity index (χ1) is 9.50. The number of anilines is 1. The second-order valence-corrected chi connectivity index (χ2v) is 4.68. The fourth-order valence-corrected chi connectivity index (χ4v) is 2.11. The van der Waals surface area contributed by atoms with Crippen molar-refractivity contribution in [3.63, 3.8) is 0 Å². The Bertz CT molecular complexity index is 618. The van der Waals surface area contributed by atoms with Gasteiger partial charge in [-0.25, -0.2) is 0 Å². The van der Waals surface area contributed by atoms with Crippen molar-refractivity contribution in [3.8, 4) is 0 Å². The third-order valence-corrected chi connectivity index (χ3v) is 3.11. The molecule has 5 nitrogen and oxygen atoms in total. The first-order valence-electron chi connectivity index (χ1n) is 6.41. The van der Waals surface area contributed by atoms with Gasteiger partial charge in [-0.3, -0.25) is 14.4 Å². The van der Waals surface area contributed by atoms with E-state index in [1.54, 1.807) is 6.07 Å². The third-order valence-electron chi connectivity index (χ3n) is 3.11. The summed E-state index contributed by atoms with van der Waals surface area (Å²) in [5.74, 6) is -1.15. The molecule has 104 valence electrons. The van der Waals surface area contributed by atoms with E-state index in [4.69, 9.17) is 0 Å². The minimum absolute atomic E-state index is 0.0693. The largest absolute Gasteiger partial charge is 0.356 e. The molecule has 0 saturated heterocycles. The Morgan fingerprint density at radius 1 is 1.35 bits per heavy atom. The predicted molar refractivity (Wildman–Crippen MR) is 76.5 cm³/mol. The van der Waals surface area contributed by atoms with E-state index in [2.05, 4.69) is 10.6 Å². The van der Waals surface area contributed by atoms with Crippen molar-refractivity contribution >= 4 is 29.4 Å². The molecule has 0 saturated carbocycles. The fraction of sp³-hybridized carbons (Fsp3) is 0.267. The van der Waals surface area contributed by atoms with Crippen LogP contribution in [-0.2, 0) is 9.59 Å². The summed E-state index contributed by atoms with van der Waals surface area (Å²) < 4.78 is 0. The molecule has 0 radical (unpaired) electrons. The molecular formula is C15H16N2O3. The van der Waals surface area contributed by atoms with Crippen LogP contribution >= 0.6 is 0 Å². The molecule has 0 unspecified atom stereocenters. The van der Waals surface area contributed by atoms with Gasteiger partial charge < -0.3 is 10.6 Å². The molecule has 2 amide bonds. The van der Waals surface area contributed by atoms with Crippen molar-refractivity contribution in [1.82, 2.24) is 5.32 Å². The maximum atomic E-state index is 11.8. The average molecular weight is 272 g/mol. The molecule has 2 rings (SSSR count). The second kappa shape index (κ2) is 5.69. The van der Waals surface area contributed by atoms with Gasteiger partial charge in [-0.15, -0.1) is 0 Å². The van der Waals surface area contributed by atoms with Crippen LogP contribution in [0.2, 0.25) is 0 Å². The molecular weight excluding hydrogens is 256 g/mol. The summed E-state index contributed by atoms with van der Waals surface area (Å²) in [4.78, 5) is 34.0. The van der Waals surface area contributed by atoms with E-state index < -0.39 is 11.7 Å². The highest BCUT2D eigenvalue weighted by Crippen LogP contribution is 2.29. The molecule has 2 N–H and O–H groups in total. The van der Waals surface area contributed by atoms with Gasteiger partial charge in [0, 0.05) is 13.5 Å². The lowest BCUT2D eigenvalue weighted by Gasteiger charge is -2.06. The Morgan fingerprint density at radius 3 is 2.80 bits per heavy atom. The highest BCUT2D eigenvalue weighted by molar-refractivity contribution is 6.52. The van der Waals surface area contributed by atoms with Gasteiger partial charge in [-0.2, -0.15) is 0 Å². The average Bonchev–Trinajstić information content (AvgIpc) is 2.67. The number of Topliss-reactive ketones (excluding diaryl/α,β-unsaturated/α-hetero) is 1. The standard InChI is InChI=1S/C15H16N2O3/c1-9-6-7-12-13(14(19)15(20)17-12)11(9)5-3-4-8-16-10(2)18/h3,5-7H,4,8H2,1-2H3,(H,16,18)(H,17,19,20). The monoisotopic (exact) mass is 272 g/mol. The number of hydrogen-bond donors (Lipinski definition) is 2. The highest BCUT2D eigenvalue weighted by Gasteiger charge is 2.30. The highest BCUT2D eigenvalue weighted by atomic mass is 16.2. The van der Waals surface area contributed by atoms with Crippen LogP contribution < -0.4 is 10.6 Å². The Labute approximate surface area is 117 Å². The molecule has 0 bridgehead atoms. The molecule has 0 aromatic heterocycles. The van der Waals surface area contributed by atoms with E-state index in [9.17, 15) is 14.4 Å². The fourth-order valence-electron chi connectivity index (χ4n) is 2.11. The zero-order valence-electron chi connectivity index (χ0n) is 11.4. The second-order valence-electron chi connectivity index (χ2n) is 4.68. The van der Waals surface area contributed by atoms with Crippen LogP contribution in [0.15, 0.2) is 18.2 Å². The van der Waals surface area contributed by atoms with Gasteiger partial charge in [0.1, 0.15) is 0 Å². The van der Waals surface area contributed by atoms with Crippen molar-refractivity contribution in [2.45, 2.75) is 20.3 Å². The van der Waals surface area contributed by atoms with E-state index in [1.807, 2.05) is 25.1 Å². The number of carbonyl (C=O) groups excluding carboxylic acids is 3. The third kappa shape index (κ3) is 2.77. The molecule has 20 heavy (non-hydrogen) atoms. The van der Waals surface area contributed by atoms with E-state index in [0.29, 0.717) is 24.2 Å². The molecule has 1 aromatic rings. The molecule has 0 spiro atoms. The molecule has 1 aliphatic rings. The van der Waals surface area contributed by atoms with E-state index in [1.165, 1.54) is 6.92 Å². The first-order valence-corrected chi connectivity index (χ1v) is 6.41. The summed E-state index contributed by atoms with van der Waals surface area (Å²) in [6, 6.07) is 3.60. The summed E-state index contributed by atoms with van der Waals surface area (Å²) in [7, 11) is 0. The molecule has 0 atom stereocenters. The van der Waals surface area contributed by atoms with Crippen LogP contribution in [0, 0.1) is 6.92 Å². The Balaban J connectivity index is 2.19. The van der Waals surface area contributed by atoms with Crippen LogP contribution in [0.25, 0.3) is 6.08 Å². The lowest BCUT2D eigenvalue weighted by Crippen LogP contribution is -2.20. The molecule has 5 heteroatoms. The van der Waals surface area contributed by atoms with Crippen LogP contribution in [0.5, 0.6) is 0 Å². The minimum atomic E-state index is -0.585. The number of benzene rings is 1. The number of nitrogens with one attached hydrogen (secondary N) is 2. The molecule has 1 heterocycles. The molecule has 0 fully saturated rings. The van der Waals surface area contributed by atoms with Crippen molar-refractivity contribution < 1.29 is 14.4 Å². The summed E-state index contributed by atoms with van der Waals surface area (Å²) in [5.41, 5.74) is 2.69. The smallest absolute Gasteiger partial charge is 0.296 e. The van der Waals surface area contributed by atoms with Gasteiger partial charge in [0.15, 0.2) is 0 Å². The van der Waals surface area contributed by atoms with E-state index in [-0.39, 0.29) is 5.91 Å². The minimum Gasteiger partial charge on any atom is -0.356 e. The molecule has 1 aliphatic heterocycles. The number of carbonyl (C=O) groups is 3. The lowest BCUT2D eigenvalue weighted by molar-refractivity contribution is -0.119. The summed E-state index contributed by atoms with van der Waals surface area (Å²) in [6.45, 7) is 3.91. The van der Waals surface area contributed by atoms with Crippen molar-refractivity contribution in [2.75, 3.05) is 11.9 Å². The van der Waals surface area contributed by atoms with Gasteiger partial charge >= 0.3 is 0 Å². The topological polar surface area (TPSA) is 75.3 Å². The van der Waals surface area contributed by atoms with Gasteiger partial charge in [-0.1, -0.05) is 18.2 Å². The van der Waals surface area contributed by atoms with E-state index in [0.717, 1.165) is 11.1 Å². The van der Waals surface area contributed by atoms with Gasteiger partial charge in [0.2, 0.25) is 5.91 Å². The Morgan fingerprint density at radius 2 is 2.10 bits per heavy atom. The van der Waals surface area contributed by atoms with Crippen LogP contribution in [0.3, 0.4) is 0 Å². The maximum absolute atomic E-state index is 11.8. The summed E-state index contributed by atoms with van der Waals surface area (Å²) >= 11 is 0. The number of amides is 2. The number of ketones is 1. The zero-order valence-corrected chi connectivity index (χ0v) is 11.4. The molecule has 1 aromatic carbocycles. The lowest BCUT2D eigenvalue weighted by atomic mass is 9.98. The summed E-state index contributed by atoms with van der Waals surface area (Å²) in [6.07, 6.45) is 4.38. The van der Waals surface area contributed by atoms with Crippen molar-refractivity contribution in [1.29, 1.82) is 0 Å². The van der Waals surface area contributed by atoms with Crippen molar-refractivity contribution in [2.24, 2.45) is 0 Å². The number of rotatable bonds is 4. The van der Waals surface area contributed by atoms with E-state index >= 15 is 0 Å². The van der Waals surface area contributed by atoms with Gasteiger partial charge in [0.25, 0.3) is 11.7 Å². The van der Waals surface area contributed by atoms with Crippen LogP contribution in [-0.4, -0.2) is 24.1 Å². The van der Waals surface area contributed by atoms with Crippen molar-refractivity contribution in [3.05, 3.63) is 34.9 Å². The van der Waals surface area contributed by atoms with Gasteiger partial charge in [0.05, 0.1) is 11.3 Å². The zero-order chi connectivity index (χ0) is 14.7. The Hall–Kier alpha value is -2.43.